The van der Waals surface area contributed by atoms with E-state index in [-0.39, 0.29) is 0 Å². The lowest BCUT2D eigenvalue weighted by Crippen LogP contribution is -2.48. The van der Waals surface area contributed by atoms with E-state index in [0.717, 1.165) is 31.8 Å². The first-order valence-electron chi connectivity index (χ1n) is 10.9. The Morgan fingerprint density at radius 1 is 1.03 bits per heavy atom. The van der Waals surface area contributed by atoms with Crippen LogP contribution in [-0.2, 0) is 16.4 Å². The fourth-order valence-electron chi connectivity index (χ4n) is 3.99. The van der Waals surface area contributed by atoms with Crippen molar-refractivity contribution in [2.75, 3.05) is 19.7 Å². The molecular weight excluding hydrogens is 394 g/mol. The van der Waals surface area contributed by atoms with E-state index in [9.17, 15) is 8.42 Å². The molecule has 163 valence electrons. The third kappa shape index (κ3) is 5.25. The third-order valence-electron chi connectivity index (χ3n) is 6.14. The van der Waals surface area contributed by atoms with Crippen LogP contribution in [0, 0.1) is 12.8 Å². The molecule has 0 atom stereocenters. The second-order valence-corrected chi connectivity index (χ2v) is 11.0. The zero-order chi connectivity index (χ0) is 21.6. The molecule has 1 fully saturated rings. The van der Waals surface area contributed by atoms with Crippen molar-refractivity contribution < 1.29 is 13.2 Å². The monoisotopic (exact) mass is 428 g/mol. The quantitative estimate of drug-likeness (QED) is 0.554. The number of ether oxygens (including phenoxy) is 1. The average Bonchev–Trinajstić information content (AvgIpc) is 2.75. The normalized spacial score (nSPS) is 17.2. The van der Waals surface area contributed by atoms with Gasteiger partial charge >= 0.3 is 0 Å². The van der Waals surface area contributed by atoms with Crippen molar-refractivity contribution in [2.24, 2.45) is 5.92 Å². The summed E-state index contributed by atoms with van der Waals surface area (Å²) in [5, 5.41) is 0. The van der Waals surface area contributed by atoms with Gasteiger partial charge in [0.25, 0.3) is 0 Å². The van der Waals surface area contributed by atoms with E-state index in [1.165, 1.54) is 5.56 Å². The maximum absolute atomic E-state index is 13.5. The van der Waals surface area contributed by atoms with E-state index < -0.39 is 14.6 Å². The molecule has 1 heterocycles. The highest BCUT2D eigenvalue weighted by molar-refractivity contribution is 7.92. The van der Waals surface area contributed by atoms with Gasteiger partial charge in [-0.15, -0.1) is 0 Å². The first kappa shape index (κ1) is 22.8. The lowest BCUT2D eigenvalue weighted by molar-refractivity contribution is 0.188. The molecule has 4 nitrogen and oxygen atoms in total. The summed E-state index contributed by atoms with van der Waals surface area (Å²) < 4.78 is 32.0. The van der Waals surface area contributed by atoms with Crippen LogP contribution in [0.3, 0.4) is 0 Å². The van der Waals surface area contributed by atoms with Gasteiger partial charge < -0.3 is 4.74 Å². The summed E-state index contributed by atoms with van der Waals surface area (Å²) in [7, 11) is -3.47. The van der Waals surface area contributed by atoms with Crippen LogP contribution in [0.1, 0.15) is 45.1 Å². The van der Waals surface area contributed by atoms with Gasteiger partial charge in [0.2, 0.25) is 0 Å². The molecule has 2 aromatic carbocycles. The largest absolute Gasteiger partial charge is 0.494 e. The molecule has 1 saturated heterocycles. The fourth-order valence-corrected chi connectivity index (χ4v) is 5.97. The van der Waals surface area contributed by atoms with Crippen LogP contribution in [0.25, 0.3) is 0 Å². The maximum Gasteiger partial charge on any atom is 0.184 e. The highest BCUT2D eigenvalue weighted by Crippen LogP contribution is 2.38. The van der Waals surface area contributed by atoms with Gasteiger partial charge in [0.15, 0.2) is 9.84 Å². The van der Waals surface area contributed by atoms with Crippen LogP contribution in [0.5, 0.6) is 5.75 Å². The van der Waals surface area contributed by atoms with E-state index in [4.69, 9.17) is 4.74 Å². The van der Waals surface area contributed by atoms with Crippen molar-refractivity contribution in [1.82, 2.24) is 4.90 Å². The number of piperidine rings is 1. The summed E-state index contributed by atoms with van der Waals surface area (Å²) in [6, 6.07) is 17.3. The Balaban J connectivity index is 1.66. The van der Waals surface area contributed by atoms with E-state index >= 15 is 0 Å². The number of hydrogen-bond acceptors (Lipinski definition) is 4. The second kappa shape index (κ2) is 9.97. The second-order valence-electron chi connectivity index (χ2n) is 8.70. The molecule has 30 heavy (non-hydrogen) atoms. The van der Waals surface area contributed by atoms with E-state index in [1.807, 2.05) is 18.2 Å². The van der Waals surface area contributed by atoms with Crippen LogP contribution in [0.15, 0.2) is 59.5 Å². The molecule has 2 aromatic rings. The summed E-state index contributed by atoms with van der Waals surface area (Å²) in [5.74, 6) is 1.30. The van der Waals surface area contributed by atoms with Crippen LogP contribution < -0.4 is 4.74 Å². The fraction of sp³-hybridized carbons (Fsp3) is 0.480. The SMILES string of the molecule is [CH2]CC1(S(=O)(=O)c2ccc(OCCC(C)C)cc2)CCN(Cc2ccccc2)CC1. The molecule has 1 aliphatic heterocycles. The zero-order valence-electron chi connectivity index (χ0n) is 18.2. The summed E-state index contributed by atoms with van der Waals surface area (Å²) in [6.45, 7) is 11.4. The number of rotatable bonds is 9. The Morgan fingerprint density at radius 3 is 2.23 bits per heavy atom. The molecule has 1 radical (unpaired) electrons. The number of nitrogens with zero attached hydrogens (tertiary/aromatic N) is 1. The van der Waals surface area contributed by atoms with Crippen molar-refractivity contribution in [1.29, 1.82) is 0 Å². The van der Waals surface area contributed by atoms with Crippen molar-refractivity contribution >= 4 is 9.84 Å². The lowest BCUT2D eigenvalue weighted by Gasteiger charge is -2.40. The minimum atomic E-state index is -3.47. The first-order chi connectivity index (χ1) is 14.4. The van der Waals surface area contributed by atoms with Crippen molar-refractivity contribution in [3.63, 3.8) is 0 Å². The minimum absolute atomic E-state index is 0.374. The maximum atomic E-state index is 13.5. The summed E-state index contributed by atoms with van der Waals surface area (Å²) in [5.41, 5.74) is 1.26. The molecule has 5 heteroatoms. The Kier molecular flexibility index (Phi) is 7.59. The summed E-state index contributed by atoms with van der Waals surface area (Å²) in [6.07, 6.45) is 2.59. The Labute approximate surface area is 182 Å². The molecule has 0 spiro atoms. The molecule has 0 unspecified atom stereocenters. The zero-order valence-corrected chi connectivity index (χ0v) is 19.0. The van der Waals surface area contributed by atoms with Gasteiger partial charge in [-0.1, -0.05) is 51.1 Å². The van der Waals surface area contributed by atoms with Gasteiger partial charge in [0.1, 0.15) is 5.75 Å². The topological polar surface area (TPSA) is 46.6 Å². The van der Waals surface area contributed by atoms with Gasteiger partial charge in [-0.3, -0.25) is 4.90 Å². The van der Waals surface area contributed by atoms with Crippen molar-refractivity contribution in [2.45, 2.75) is 55.7 Å². The highest BCUT2D eigenvalue weighted by Gasteiger charge is 2.45. The first-order valence-corrected chi connectivity index (χ1v) is 12.4. The standard InChI is InChI=1S/C25H34NO3S/c1-4-25(15-17-26(18-16-25)20-22-8-6-5-7-9-22)30(27,28)24-12-10-23(11-13-24)29-19-14-21(2)3/h5-13,21H,1,4,14-20H2,2-3H3. The smallest absolute Gasteiger partial charge is 0.184 e. The Morgan fingerprint density at radius 2 is 1.67 bits per heavy atom. The number of likely N-dealkylation sites (tertiary alicyclic amines) is 1. The average molecular weight is 429 g/mol. The van der Waals surface area contributed by atoms with Gasteiger partial charge in [-0.25, -0.2) is 8.42 Å². The van der Waals surface area contributed by atoms with E-state index in [1.54, 1.807) is 24.3 Å². The molecule has 0 amide bonds. The molecule has 0 aliphatic carbocycles. The molecule has 0 saturated carbocycles. The number of sulfone groups is 1. The summed E-state index contributed by atoms with van der Waals surface area (Å²) >= 11 is 0. The van der Waals surface area contributed by atoms with Crippen molar-refractivity contribution in [3.8, 4) is 5.75 Å². The summed E-state index contributed by atoms with van der Waals surface area (Å²) in [4.78, 5) is 2.71. The van der Waals surface area contributed by atoms with Gasteiger partial charge in [-0.2, -0.15) is 0 Å². The molecule has 1 aliphatic rings. The Bertz CT molecular complexity index is 884. The number of benzene rings is 2. The van der Waals surface area contributed by atoms with Crippen LogP contribution in [0.2, 0.25) is 0 Å². The van der Waals surface area contributed by atoms with Gasteiger partial charge in [-0.05, 0) is 61.4 Å². The lowest BCUT2D eigenvalue weighted by atomic mass is 9.93. The minimum Gasteiger partial charge on any atom is -0.494 e. The third-order valence-corrected chi connectivity index (χ3v) is 8.79. The van der Waals surface area contributed by atoms with Gasteiger partial charge in [0.05, 0.1) is 16.2 Å². The Hall–Kier alpha value is -1.85. The highest BCUT2D eigenvalue weighted by atomic mass is 32.2. The molecule has 0 N–H and O–H groups in total. The molecular formula is C25H34NO3S. The molecule has 0 aromatic heterocycles. The van der Waals surface area contributed by atoms with Crippen LogP contribution in [0.4, 0.5) is 0 Å². The van der Waals surface area contributed by atoms with E-state index in [2.05, 4.69) is 37.8 Å². The number of hydrogen-bond donors (Lipinski definition) is 0. The predicted octanol–water partition coefficient (Wildman–Crippen LogP) is 5.14. The molecule has 0 bridgehead atoms. The van der Waals surface area contributed by atoms with Crippen LogP contribution in [-0.4, -0.2) is 37.8 Å². The van der Waals surface area contributed by atoms with Crippen LogP contribution >= 0.6 is 0 Å². The van der Waals surface area contributed by atoms with E-state index in [0.29, 0.717) is 36.7 Å². The molecule has 3 rings (SSSR count). The van der Waals surface area contributed by atoms with Crippen molar-refractivity contribution in [3.05, 3.63) is 67.1 Å². The predicted molar refractivity (Wildman–Crippen MR) is 122 cm³/mol. The van der Waals surface area contributed by atoms with Gasteiger partial charge in [0, 0.05) is 19.6 Å².